The van der Waals surface area contributed by atoms with Crippen molar-refractivity contribution >= 4 is 13.6 Å². The number of unbranched alkanes of at least 4 members (excludes halogenated alkanes) is 3. The largest absolute Gasteiger partial charge is 0.382 e. The topological polar surface area (TPSA) is 101 Å². The lowest BCUT2D eigenvalue weighted by Gasteiger charge is -2.23. The van der Waals surface area contributed by atoms with Crippen molar-refractivity contribution in [2.24, 2.45) is 0 Å². The first kappa shape index (κ1) is 24.5. The molecule has 168 valence electrons. The number of hydrogen-bond acceptors (Lipinski definition) is 3. The van der Waals surface area contributed by atoms with E-state index in [0.29, 0.717) is 38.8 Å². The average Bonchev–Trinajstić information content (AvgIpc) is 2.96. The average molecular weight is 446 g/mol. The van der Waals surface area contributed by atoms with E-state index in [1.807, 2.05) is 0 Å². The third-order valence-corrected chi connectivity index (χ3v) is 5.98. The Bertz CT molecular complexity index is 772. The third kappa shape index (κ3) is 6.87. The first-order chi connectivity index (χ1) is 14.0. The molecule has 0 bridgehead atoms. The summed E-state index contributed by atoms with van der Waals surface area (Å²) in [7, 11) is -2.36. The van der Waals surface area contributed by atoms with Crippen LogP contribution in [0.3, 0.4) is 0 Å². The van der Waals surface area contributed by atoms with Crippen molar-refractivity contribution in [3.63, 3.8) is 0 Å². The molecule has 2 atom stereocenters. The number of carbonyl (C=O) groups excluding carboxylic acids is 1. The van der Waals surface area contributed by atoms with Gasteiger partial charge in [-0.05, 0) is 12.8 Å². The fraction of sp³-hybridized carbons (Fsp3) is 0.550. The van der Waals surface area contributed by atoms with Gasteiger partial charge >= 0.3 is 19.5 Å². The van der Waals surface area contributed by atoms with Gasteiger partial charge < -0.3 is 24.7 Å². The summed E-state index contributed by atoms with van der Waals surface area (Å²) in [5.74, 6) is -3.45. The van der Waals surface area contributed by atoms with Gasteiger partial charge in [-0.15, -0.1) is 0 Å². The Balaban J connectivity index is 1.91. The number of carbonyl (C=O) groups is 1. The summed E-state index contributed by atoms with van der Waals surface area (Å²) in [6, 6.07) is 6.43. The van der Waals surface area contributed by atoms with E-state index < -0.39 is 25.7 Å². The SMILES string of the molecule is CN1CC(C=CC(O)C(F)(F)c2ccccc2)N(CCCCCCP(=O)(O)O)C1=O. The number of halogens is 2. The Morgan fingerprint density at radius 2 is 1.83 bits per heavy atom. The second kappa shape index (κ2) is 10.5. The highest BCUT2D eigenvalue weighted by molar-refractivity contribution is 7.51. The lowest BCUT2D eigenvalue weighted by atomic mass is 10.0. The minimum absolute atomic E-state index is 0.155. The summed E-state index contributed by atoms with van der Waals surface area (Å²) in [6.07, 6.45) is 2.67. The van der Waals surface area contributed by atoms with Crippen molar-refractivity contribution in [2.45, 2.75) is 43.8 Å². The van der Waals surface area contributed by atoms with E-state index in [9.17, 15) is 23.2 Å². The van der Waals surface area contributed by atoms with E-state index in [-0.39, 0.29) is 17.8 Å². The molecule has 1 aromatic rings. The number of aliphatic hydroxyl groups excluding tert-OH is 1. The van der Waals surface area contributed by atoms with Crippen LogP contribution in [-0.2, 0) is 10.5 Å². The maximum absolute atomic E-state index is 14.4. The van der Waals surface area contributed by atoms with Gasteiger partial charge in [-0.2, -0.15) is 8.78 Å². The Hall–Kier alpha value is -1.80. The van der Waals surface area contributed by atoms with Crippen LogP contribution in [-0.4, -0.2) is 69.2 Å². The fourth-order valence-electron chi connectivity index (χ4n) is 3.38. The number of amides is 2. The van der Waals surface area contributed by atoms with Gasteiger partial charge in [-0.25, -0.2) is 4.79 Å². The molecule has 0 saturated carbocycles. The summed E-state index contributed by atoms with van der Waals surface area (Å²) in [5, 5.41) is 10.0. The monoisotopic (exact) mass is 446 g/mol. The number of nitrogens with zero attached hydrogens (tertiary/aromatic N) is 2. The van der Waals surface area contributed by atoms with Gasteiger partial charge in [-0.3, -0.25) is 4.57 Å². The highest BCUT2D eigenvalue weighted by atomic mass is 31.2. The molecule has 7 nitrogen and oxygen atoms in total. The van der Waals surface area contributed by atoms with Crippen molar-refractivity contribution in [1.29, 1.82) is 0 Å². The first-order valence-electron chi connectivity index (χ1n) is 9.88. The smallest absolute Gasteiger partial charge is 0.325 e. The molecule has 0 spiro atoms. The van der Waals surface area contributed by atoms with Gasteiger partial charge in [0.25, 0.3) is 0 Å². The molecule has 2 rings (SSSR count). The lowest BCUT2D eigenvalue weighted by Crippen LogP contribution is -2.35. The van der Waals surface area contributed by atoms with Crippen LogP contribution in [0.15, 0.2) is 42.5 Å². The maximum Gasteiger partial charge on any atom is 0.325 e. The maximum atomic E-state index is 14.4. The Kier molecular flexibility index (Phi) is 8.55. The van der Waals surface area contributed by atoms with E-state index in [1.54, 1.807) is 18.0 Å². The number of alkyl halides is 2. The van der Waals surface area contributed by atoms with Gasteiger partial charge in [0, 0.05) is 31.9 Å². The van der Waals surface area contributed by atoms with Crippen molar-refractivity contribution in [2.75, 3.05) is 26.3 Å². The number of aliphatic hydroxyl groups is 1. The standard InChI is InChI=1S/C20H29F2N2O5P/c1-23-15-17(11-12-18(25)20(21,22)16-9-5-4-6-10-16)24(19(23)26)13-7-2-3-8-14-30(27,28)29/h4-6,9-12,17-18,25H,2-3,7-8,13-15H2,1H3,(H2,27,28,29). The molecular formula is C20H29F2N2O5P. The number of hydrogen-bond donors (Lipinski definition) is 3. The lowest BCUT2D eigenvalue weighted by molar-refractivity contribution is -0.0929. The van der Waals surface area contributed by atoms with Crippen LogP contribution in [0.1, 0.15) is 31.2 Å². The molecule has 30 heavy (non-hydrogen) atoms. The summed E-state index contributed by atoms with van der Waals surface area (Å²) < 4.78 is 39.7. The Labute approximate surface area is 175 Å². The molecular weight excluding hydrogens is 417 g/mol. The van der Waals surface area contributed by atoms with Crippen molar-refractivity contribution < 1.29 is 33.0 Å². The number of likely N-dealkylation sites (N-methyl/N-ethyl adjacent to an activating group) is 1. The zero-order valence-electron chi connectivity index (χ0n) is 16.9. The Morgan fingerprint density at radius 3 is 2.47 bits per heavy atom. The molecule has 1 heterocycles. The molecule has 1 saturated heterocycles. The van der Waals surface area contributed by atoms with Gasteiger partial charge in [0.1, 0.15) is 6.10 Å². The molecule has 0 aromatic heterocycles. The van der Waals surface area contributed by atoms with Crippen molar-refractivity contribution in [3.05, 3.63) is 48.0 Å². The molecule has 1 aliphatic heterocycles. The second-order valence-corrected chi connectivity index (χ2v) is 9.32. The van der Waals surface area contributed by atoms with E-state index in [4.69, 9.17) is 9.79 Å². The first-order valence-corrected chi connectivity index (χ1v) is 11.7. The van der Waals surface area contributed by atoms with Gasteiger partial charge in [0.05, 0.1) is 6.04 Å². The predicted octanol–water partition coefficient (Wildman–Crippen LogP) is 3.17. The number of urea groups is 1. The summed E-state index contributed by atoms with van der Waals surface area (Å²) in [5.41, 5.74) is -0.283. The number of rotatable bonds is 11. The van der Waals surface area contributed by atoms with Crippen LogP contribution in [0, 0.1) is 0 Å². The zero-order valence-corrected chi connectivity index (χ0v) is 17.8. The molecule has 10 heteroatoms. The van der Waals surface area contributed by atoms with E-state index in [0.717, 1.165) is 6.08 Å². The summed E-state index contributed by atoms with van der Waals surface area (Å²) >= 11 is 0. The van der Waals surface area contributed by atoms with Crippen LogP contribution >= 0.6 is 7.60 Å². The molecule has 1 fully saturated rings. The van der Waals surface area contributed by atoms with Crippen molar-refractivity contribution in [1.82, 2.24) is 9.80 Å². The van der Waals surface area contributed by atoms with E-state index in [1.165, 1.54) is 35.2 Å². The highest BCUT2D eigenvalue weighted by Gasteiger charge is 2.39. The zero-order chi connectivity index (χ0) is 22.4. The summed E-state index contributed by atoms with van der Waals surface area (Å²) in [6.45, 7) is 0.733. The Morgan fingerprint density at radius 1 is 1.20 bits per heavy atom. The molecule has 0 aliphatic carbocycles. The third-order valence-electron chi connectivity index (χ3n) is 5.08. The van der Waals surface area contributed by atoms with Crippen LogP contribution in [0.2, 0.25) is 0 Å². The quantitative estimate of drug-likeness (QED) is 0.275. The minimum Gasteiger partial charge on any atom is -0.382 e. The van der Waals surface area contributed by atoms with Gasteiger partial charge in [-0.1, -0.05) is 55.3 Å². The summed E-state index contributed by atoms with van der Waals surface area (Å²) in [4.78, 5) is 33.1. The minimum atomic E-state index is -3.98. The molecule has 0 radical (unpaired) electrons. The fourth-order valence-corrected chi connectivity index (χ4v) is 4.02. The van der Waals surface area contributed by atoms with E-state index >= 15 is 0 Å². The van der Waals surface area contributed by atoms with Gasteiger partial charge in [0.2, 0.25) is 0 Å². The molecule has 2 unspecified atom stereocenters. The van der Waals surface area contributed by atoms with Crippen LogP contribution < -0.4 is 0 Å². The predicted molar refractivity (Wildman–Crippen MR) is 109 cm³/mol. The van der Waals surface area contributed by atoms with E-state index in [2.05, 4.69) is 0 Å². The molecule has 1 aromatic carbocycles. The normalized spacial score (nSPS) is 19.1. The molecule has 1 aliphatic rings. The molecule has 3 N–H and O–H groups in total. The van der Waals surface area contributed by atoms with Crippen LogP contribution in [0.25, 0.3) is 0 Å². The van der Waals surface area contributed by atoms with Crippen molar-refractivity contribution in [3.8, 4) is 0 Å². The second-order valence-electron chi connectivity index (χ2n) is 7.55. The highest BCUT2D eigenvalue weighted by Crippen LogP contribution is 2.35. The van der Waals surface area contributed by atoms with Gasteiger partial charge in [0.15, 0.2) is 0 Å². The number of benzene rings is 1. The van der Waals surface area contributed by atoms with Crippen LogP contribution in [0.4, 0.5) is 13.6 Å². The molecule has 2 amide bonds. The van der Waals surface area contributed by atoms with Crippen LogP contribution in [0.5, 0.6) is 0 Å².